The Balaban J connectivity index is 4.44. The number of esters is 1. The van der Waals surface area contributed by atoms with Crippen molar-refractivity contribution in [3.05, 3.63) is 0 Å². The van der Waals surface area contributed by atoms with Gasteiger partial charge >= 0.3 is 23.9 Å². The number of nitrogens with two attached hydrogens (primary N) is 1. The van der Waals surface area contributed by atoms with E-state index in [9.17, 15) is 19.2 Å². The molecule has 0 aromatic carbocycles. The second-order valence-corrected chi connectivity index (χ2v) is 3.07. The van der Waals surface area contributed by atoms with E-state index in [1.165, 1.54) is 0 Å². The van der Waals surface area contributed by atoms with Gasteiger partial charge in [0.1, 0.15) is 6.04 Å². The highest BCUT2D eigenvalue weighted by Crippen LogP contribution is 2.03. The van der Waals surface area contributed by atoms with Gasteiger partial charge in [-0.2, -0.15) is 0 Å². The number of hydrogen-bond acceptors (Lipinski definition) is 6. The van der Waals surface area contributed by atoms with Crippen LogP contribution in [0.25, 0.3) is 0 Å². The fourth-order valence-corrected chi connectivity index (χ4v) is 0.837. The molecule has 0 spiro atoms. The lowest BCUT2D eigenvalue weighted by atomic mass is 10.2. The van der Waals surface area contributed by atoms with Gasteiger partial charge < -0.3 is 25.8 Å². The maximum Gasteiger partial charge on any atom is 0.345 e. The normalized spacial score (nSPS) is 13.5. The average molecular weight is 249 g/mol. The predicted molar refractivity (Wildman–Crippen MR) is 50.0 cm³/mol. The van der Waals surface area contributed by atoms with Gasteiger partial charge in [-0.1, -0.05) is 0 Å². The van der Waals surface area contributed by atoms with Crippen LogP contribution in [0.5, 0.6) is 0 Å². The van der Waals surface area contributed by atoms with Crippen LogP contribution in [0.15, 0.2) is 0 Å². The third kappa shape index (κ3) is 6.10. The minimum Gasteiger partial charge on any atom is -0.481 e. The molecule has 2 atom stereocenters. The molecule has 9 nitrogen and oxygen atoms in total. The van der Waals surface area contributed by atoms with Gasteiger partial charge in [-0.15, -0.1) is 0 Å². The van der Waals surface area contributed by atoms with Crippen molar-refractivity contribution < 1.29 is 39.2 Å². The Morgan fingerprint density at radius 3 is 1.82 bits per heavy atom. The van der Waals surface area contributed by atoms with E-state index in [0.29, 0.717) is 0 Å². The lowest BCUT2D eigenvalue weighted by Crippen LogP contribution is -2.39. The molecule has 0 fully saturated rings. The van der Waals surface area contributed by atoms with Crippen LogP contribution in [-0.4, -0.2) is 51.3 Å². The summed E-state index contributed by atoms with van der Waals surface area (Å²) in [6.07, 6.45) is -3.56. The van der Waals surface area contributed by atoms with Crippen LogP contribution in [0.1, 0.15) is 12.8 Å². The number of carboxylic acids is 3. The Labute approximate surface area is 94.8 Å². The zero-order chi connectivity index (χ0) is 13.6. The zero-order valence-electron chi connectivity index (χ0n) is 8.53. The van der Waals surface area contributed by atoms with Crippen LogP contribution in [0.3, 0.4) is 0 Å². The fourth-order valence-electron chi connectivity index (χ4n) is 0.837. The first-order valence-corrected chi connectivity index (χ1v) is 4.36. The van der Waals surface area contributed by atoms with E-state index in [-0.39, 0.29) is 0 Å². The number of carbonyl (C=O) groups excluding carboxylic acids is 1. The van der Waals surface area contributed by atoms with Gasteiger partial charge in [0.2, 0.25) is 6.10 Å². The maximum atomic E-state index is 11.1. The lowest BCUT2D eigenvalue weighted by molar-refractivity contribution is -0.168. The van der Waals surface area contributed by atoms with E-state index in [1.807, 2.05) is 0 Å². The van der Waals surface area contributed by atoms with E-state index in [0.717, 1.165) is 0 Å². The van der Waals surface area contributed by atoms with Gasteiger partial charge in [0.15, 0.2) is 0 Å². The predicted octanol–water partition coefficient (Wildman–Crippen LogP) is -1.74. The summed E-state index contributed by atoms with van der Waals surface area (Å²) in [4.78, 5) is 42.1. The minimum absolute atomic E-state index is 0.738. The molecule has 0 aliphatic heterocycles. The number of carboxylic acid groups (broad SMARTS) is 3. The van der Waals surface area contributed by atoms with Crippen LogP contribution < -0.4 is 5.73 Å². The second kappa shape index (κ2) is 6.43. The first kappa shape index (κ1) is 14.8. The molecule has 0 heterocycles. The molecule has 96 valence electrons. The van der Waals surface area contributed by atoms with Crippen molar-refractivity contribution in [1.29, 1.82) is 0 Å². The van der Waals surface area contributed by atoms with Gasteiger partial charge in [0.25, 0.3) is 0 Å². The highest BCUT2D eigenvalue weighted by atomic mass is 16.6. The number of carbonyl (C=O) groups is 4. The Kier molecular flexibility index (Phi) is 5.61. The van der Waals surface area contributed by atoms with Crippen LogP contribution in [-0.2, 0) is 23.9 Å². The fraction of sp³-hybridized carbons (Fsp3) is 0.500. The van der Waals surface area contributed by atoms with E-state index >= 15 is 0 Å². The highest BCUT2D eigenvalue weighted by Gasteiger charge is 2.28. The average Bonchev–Trinajstić information content (AvgIpc) is 2.14. The van der Waals surface area contributed by atoms with Crippen LogP contribution >= 0.6 is 0 Å². The molecular formula is C8H11NO8. The summed E-state index contributed by atoms with van der Waals surface area (Å²) in [6, 6.07) is -1.54. The summed E-state index contributed by atoms with van der Waals surface area (Å²) in [5, 5.41) is 25.2. The van der Waals surface area contributed by atoms with Crippen molar-refractivity contribution in [1.82, 2.24) is 0 Å². The topological polar surface area (TPSA) is 164 Å². The molecule has 0 amide bonds. The van der Waals surface area contributed by atoms with Crippen molar-refractivity contribution in [3.63, 3.8) is 0 Å². The summed E-state index contributed by atoms with van der Waals surface area (Å²) in [5.41, 5.74) is 5.10. The molecule has 0 aliphatic carbocycles. The molecular weight excluding hydrogens is 238 g/mol. The molecule has 17 heavy (non-hydrogen) atoms. The van der Waals surface area contributed by atoms with Gasteiger partial charge in [0, 0.05) is 0 Å². The molecule has 0 aliphatic rings. The largest absolute Gasteiger partial charge is 0.481 e. The molecule has 5 N–H and O–H groups in total. The third-order valence-corrected chi connectivity index (χ3v) is 1.59. The van der Waals surface area contributed by atoms with E-state index in [1.54, 1.807) is 0 Å². The summed E-state index contributed by atoms with van der Waals surface area (Å²) in [5.74, 6) is -5.76. The van der Waals surface area contributed by atoms with E-state index in [4.69, 9.17) is 21.1 Å². The Bertz CT molecular complexity index is 338. The summed E-state index contributed by atoms with van der Waals surface area (Å²) in [7, 11) is 0. The Morgan fingerprint density at radius 1 is 1.00 bits per heavy atom. The number of hydrogen-bond donors (Lipinski definition) is 4. The standard InChI is InChI=1S/C8H11NO8/c9-3(1-5(10)11)8(16)17-4(7(14)15)2-6(12)13/h3-4H,1-2,9H2,(H,10,11)(H,12,13)(H,14,15)/t3-,4?/m0/s1. The van der Waals surface area contributed by atoms with Crippen molar-refractivity contribution in [2.75, 3.05) is 0 Å². The van der Waals surface area contributed by atoms with Gasteiger partial charge in [-0.05, 0) is 0 Å². The Morgan fingerprint density at radius 2 is 1.47 bits per heavy atom. The SMILES string of the molecule is N[C@@H](CC(=O)O)C(=O)OC(CC(=O)O)C(=O)O. The lowest BCUT2D eigenvalue weighted by Gasteiger charge is -2.14. The minimum atomic E-state index is -1.89. The van der Waals surface area contributed by atoms with Crippen molar-refractivity contribution in [2.24, 2.45) is 5.73 Å². The smallest absolute Gasteiger partial charge is 0.345 e. The van der Waals surface area contributed by atoms with E-state index in [2.05, 4.69) is 4.74 Å². The summed E-state index contributed by atoms with van der Waals surface area (Å²) >= 11 is 0. The number of ether oxygens (including phenoxy) is 1. The molecule has 0 radical (unpaired) electrons. The zero-order valence-corrected chi connectivity index (χ0v) is 8.53. The molecule has 9 heteroatoms. The molecule has 1 unspecified atom stereocenters. The van der Waals surface area contributed by atoms with Gasteiger partial charge in [0.05, 0.1) is 12.8 Å². The molecule has 0 aromatic rings. The Hall–Kier alpha value is -2.16. The molecule has 0 saturated carbocycles. The maximum absolute atomic E-state index is 11.1. The molecule has 0 rings (SSSR count). The number of rotatable bonds is 7. The van der Waals surface area contributed by atoms with Crippen LogP contribution in [0.2, 0.25) is 0 Å². The quantitative estimate of drug-likeness (QED) is 0.383. The van der Waals surface area contributed by atoms with E-state index < -0.39 is 48.9 Å². The van der Waals surface area contributed by atoms with Crippen LogP contribution in [0, 0.1) is 0 Å². The third-order valence-electron chi connectivity index (χ3n) is 1.59. The second-order valence-electron chi connectivity index (χ2n) is 3.07. The van der Waals surface area contributed by atoms with Crippen molar-refractivity contribution in [2.45, 2.75) is 25.0 Å². The molecule has 0 aromatic heterocycles. The summed E-state index contributed by atoms with van der Waals surface area (Å²) in [6.45, 7) is 0. The van der Waals surface area contributed by atoms with Crippen LogP contribution in [0.4, 0.5) is 0 Å². The van der Waals surface area contributed by atoms with Crippen molar-refractivity contribution >= 4 is 23.9 Å². The van der Waals surface area contributed by atoms with Crippen molar-refractivity contribution in [3.8, 4) is 0 Å². The summed E-state index contributed by atoms with van der Waals surface area (Å²) < 4.78 is 4.28. The first-order chi connectivity index (χ1) is 7.73. The highest BCUT2D eigenvalue weighted by molar-refractivity contribution is 5.86. The van der Waals surface area contributed by atoms with Gasteiger partial charge in [-0.25, -0.2) is 4.79 Å². The monoisotopic (exact) mass is 249 g/mol. The van der Waals surface area contributed by atoms with Gasteiger partial charge in [-0.3, -0.25) is 14.4 Å². The molecule has 0 bridgehead atoms. The number of aliphatic carboxylic acids is 3. The molecule has 0 saturated heterocycles. The first-order valence-electron chi connectivity index (χ1n) is 4.36.